The number of amides is 1. The highest BCUT2D eigenvalue weighted by molar-refractivity contribution is 6.09. The van der Waals surface area contributed by atoms with E-state index in [2.05, 4.69) is 5.32 Å². The van der Waals surface area contributed by atoms with Crippen molar-refractivity contribution in [3.63, 3.8) is 0 Å². The minimum absolute atomic E-state index is 0.209. The third-order valence-corrected chi connectivity index (χ3v) is 5.33. The highest BCUT2D eigenvalue weighted by Crippen LogP contribution is 2.30. The van der Waals surface area contributed by atoms with E-state index in [1.165, 1.54) is 6.20 Å². The van der Waals surface area contributed by atoms with Crippen molar-refractivity contribution in [3.05, 3.63) is 101 Å². The summed E-state index contributed by atoms with van der Waals surface area (Å²) in [6.07, 6.45) is 2.05. The smallest absolute Gasteiger partial charge is 0.253 e. The van der Waals surface area contributed by atoms with Gasteiger partial charge in [-0.05, 0) is 31.0 Å². The molecule has 0 radical (unpaired) electrons. The summed E-state index contributed by atoms with van der Waals surface area (Å²) < 4.78 is 0.807. The van der Waals surface area contributed by atoms with E-state index in [0.29, 0.717) is 17.7 Å². The number of nitrogens with one attached hydrogen (secondary N) is 1. The molecule has 150 valence electrons. The largest absolute Gasteiger partial charge is 0.618 e. The van der Waals surface area contributed by atoms with Crippen molar-refractivity contribution < 1.29 is 9.52 Å². The van der Waals surface area contributed by atoms with Gasteiger partial charge >= 0.3 is 0 Å². The Balaban J connectivity index is 1.82. The Morgan fingerprint density at radius 2 is 1.73 bits per heavy atom. The van der Waals surface area contributed by atoms with E-state index in [1.54, 1.807) is 18.2 Å². The molecule has 1 N–H and O–H groups in total. The molecule has 4 rings (SSSR count). The molecule has 2 heterocycles. The molecule has 0 spiro atoms. The molecular weight excluding hydrogens is 374 g/mol. The second kappa shape index (κ2) is 8.33. The van der Waals surface area contributed by atoms with Crippen molar-refractivity contribution in [2.45, 2.75) is 26.3 Å². The number of hydrogen-bond acceptors (Lipinski definition) is 3. The van der Waals surface area contributed by atoms with Crippen LogP contribution in [-0.4, -0.2) is 10.9 Å². The lowest BCUT2D eigenvalue weighted by molar-refractivity contribution is -0.616. The van der Waals surface area contributed by atoms with E-state index in [9.17, 15) is 10.0 Å². The third-order valence-electron chi connectivity index (χ3n) is 5.33. The van der Waals surface area contributed by atoms with Gasteiger partial charge in [0.1, 0.15) is 6.04 Å². The molecule has 1 amide bonds. The molecule has 5 heteroatoms. The van der Waals surface area contributed by atoms with E-state index in [4.69, 9.17) is 4.98 Å². The van der Waals surface area contributed by atoms with Gasteiger partial charge in [-0.15, -0.1) is 0 Å². The first-order valence-corrected chi connectivity index (χ1v) is 10.0. The highest BCUT2D eigenvalue weighted by atomic mass is 16.5. The maximum absolute atomic E-state index is 13.5. The molecule has 0 bridgehead atoms. The molecule has 1 unspecified atom stereocenters. The standard InChI is InChI=1S/C25H23N3O2/c1-3-20(22-15-9-10-16-28(22)30)27-25(29)23-17(2)24(18-11-5-4-6-12-18)26-21-14-8-7-13-19(21)23/h4-16,20H,3H2,1-2H3,(H,27,29). The number of aromatic nitrogens is 2. The maximum Gasteiger partial charge on any atom is 0.253 e. The highest BCUT2D eigenvalue weighted by Gasteiger charge is 2.24. The number of carbonyl (C=O) groups is 1. The molecule has 1 atom stereocenters. The average molecular weight is 397 g/mol. The average Bonchev–Trinajstić information content (AvgIpc) is 2.78. The summed E-state index contributed by atoms with van der Waals surface area (Å²) in [5.41, 5.74) is 4.43. The lowest BCUT2D eigenvalue weighted by Gasteiger charge is -2.19. The van der Waals surface area contributed by atoms with Crippen LogP contribution in [0.25, 0.3) is 22.2 Å². The SMILES string of the molecule is CCC(NC(=O)c1c(C)c(-c2ccccc2)nc2ccccc12)c1cccc[n+]1[O-]. The van der Waals surface area contributed by atoms with Gasteiger partial charge in [-0.25, -0.2) is 4.98 Å². The second-order valence-corrected chi connectivity index (χ2v) is 7.23. The van der Waals surface area contributed by atoms with Crippen LogP contribution in [0.15, 0.2) is 79.0 Å². The number of benzene rings is 2. The molecular formula is C25H23N3O2. The Bertz CT molecular complexity index is 1210. The van der Waals surface area contributed by atoms with Crippen LogP contribution in [0.2, 0.25) is 0 Å². The van der Waals surface area contributed by atoms with Gasteiger partial charge in [0.05, 0.1) is 16.8 Å². The summed E-state index contributed by atoms with van der Waals surface area (Å²) in [5, 5.41) is 16.1. The van der Waals surface area contributed by atoms with Gasteiger partial charge in [-0.1, -0.05) is 55.5 Å². The van der Waals surface area contributed by atoms with Gasteiger partial charge in [0, 0.05) is 23.1 Å². The Kier molecular flexibility index (Phi) is 5.44. The molecule has 5 nitrogen and oxygen atoms in total. The topological polar surface area (TPSA) is 68.9 Å². The van der Waals surface area contributed by atoms with Gasteiger partial charge in [-0.3, -0.25) is 4.79 Å². The van der Waals surface area contributed by atoms with Crippen LogP contribution >= 0.6 is 0 Å². The van der Waals surface area contributed by atoms with E-state index in [-0.39, 0.29) is 11.9 Å². The molecule has 0 aliphatic heterocycles. The van der Waals surface area contributed by atoms with E-state index in [1.807, 2.05) is 68.4 Å². The van der Waals surface area contributed by atoms with Crippen molar-refractivity contribution in [1.29, 1.82) is 0 Å². The van der Waals surface area contributed by atoms with Gasteiger partial charge < -0.3 is 10.5 Å². The fourth-order valence-electron chi connectivity index (χ4n) is 3.80. The minimum atomic E-state index is -0.386. The number of carbonyl (C=O) groups excluding carboxylic acids is 1. The number of fused-ring (bicyclic) bond motifs is 1. The fraction of sp³-hybridized carbons (Fsp3) is 0.160. The molecule has 30 heavy (non-hydrogen) atoms. The number of rotatable bonds is 5. The van der Waals surface area contributed by atoms with E-state index >= 15 is 0 Å². The van der Waals surface area contributed by atoms with Crippen molar-refractivity contribution in [1.82, 2.24) is 10.3 Å². The third kappa shape index (κ3) is 3.62. The second-order valence-electron chi connectivity index (χ2n) is 7.23. The first-order chi connectivity index (χ1) is 14.6. The van der Waals surface area contributed by atoms with Crippen LogP contribution in [0.3, 0.4) is 0 Å². The lowest BCUT2D eigenvalue weighted by atomic mass is 9.96. The lowest BCUT2D eigenvalue weighted by Crippen LogP contribution is -2.39. The Morgan fingerprint density at radius 1 is 1.03 bits per heavy atom. The summed E-state index contributed by atoms with van der Waals surface area (Å²) in [7, 11) is 0. The van der Waals surface area contributed by atoms with Crippen LogP contribution in [0.1, 0.15) is 41.0 Å². The first-order valence-electron chi connectivity index (χ1n) is 10.0. The maximum atomic E-state index is 13.5. The molecule has 0 aliphatic carbocycles. The zero-order chi connectivity index (χ0) is 21.1. The zero-order valence-electron chi connectivity index (χ0n) is 17.0. The van der Waals surface area contributed by atoms with Crippen molar-refractivity contribution in [3.8, 4) is 11.3 Å². The predicted octanol–water partition coefficient (Wildman–Crippen LogP) is 4.72. The molecule has 0 fully saturated rings. The number of pyridine rings is 2. The fourth-order valence-corrected chi connectivity index (χ4v) is 3.80. The van der Waals surface area contributed by atoms with Gasteiger partial charge in [0.15, 0.2) is 6.20 Å². The van der Waals surface area contributed by atoms with E-state index in [0.717, 1.165) is 32.5 Å². The first kappa shape index (κ1) is 19.6. The molecule has 4 aromatic rings. The Morgan fingerprint density at radius 3 is 2.47 bits per heavy atom. The van der Waals surface area contributed by atoms with E-state index < -0.39 is 0 Å². The molecule has 0 saturated carbocycles. The summed E-state index contributed by atoms with van der Waals surface area (Å²) in [4.78, 5) is 18.3. The summed E-state index contributed by atoms with van der Waals surface area (Å²) in [6.45, 7) is 3.87. The summed E-state index contributed by atoms with van der Waals surface area (Å²) in [6, 6.07) is 22.3. The normalized spacial score (nSPS) is 11.9. The predicted molar refractivity (Wildman–Crippen MR) is 118 cm³/mol. The zero-order valence-corrected chi connectivity index (χ0v) is 17.0. The van der Waals surface area contributed by atoms with Crippen molar-refractivity contribution in [2.24, 2.45) is 0 Å². The van der Waals surface area contributed by atoms with Crippen LogP contribution in [-0.2, 0) is 0 Å². The monoisotopic (exact) mass is 397 g/mol. The van der Waals surface area contributed by atoms with Gasteiger partial charge in [0.2, 0.25) is 5.69 Å². The Labute approximate surface area is 175 Å². The number of hydrogen-bond donors (Lipinski definition) is 1. The van der Waals surface area contributed by atoms with Crippen LogP contribution < -0.4 is 10.0 Å². The summed E-state index contributed by atoms with van der Waals surface area (Å²) >= 11 is 0. The quantitative estimate of drug-likeness (QED) is 0.391. The molecule has 0 saturated heterocycles. The van der Waals surface area contributed by atoms with Crippen LogP contribution in [0, 0.1) is 12.1 Å². The number of para-hydroxylation sites is 1. The Hall–Kier alpha value is -3.73. The van der Waals surface area contributed by atoms with Gasteiger partial charge in [-0.2, -0.15) is 4.73 Å². The van der Waals surface area contributed by atoms with Crippen LogP contribution in [0.4, 0.5) is 0 Å². The summed E-state index contributed by atoms with van der Waals surface area (Å²) in [5.74, 6) is -0.209. The van der Waals surface area contributed by atoms with Crippen LogP contribution in [0.5, 0.6) is 0 Å². The molecule has 0 aliphatic rings. The van der Waals surface area contributed by atoms with Gasteiger partial charge in [0.25, 0.3) is 5.91 Å². The molecule has 2 aromatic heterocycles. The number of nitrogens with zero attached hydrogens (tertiary/aromatic N) is 2. The van der Waals surface area contributed by atoms with Crippen molar-refractivity contribution in [2.75, 3.05) is 0 Å². The van der Waals surface area contributed by atoms with Crippen molar-refractivity contribution >= 4 is 16.8 Å². The minimum Gasteiger partial charge on any atom is -0.618 e. The molecule has 2 aromatic carbocycles.